The molecule has 0 bridgehead atoms. The van der Waals surface area contributed by atoms with Crippen molar-refractivity contribution >= 4 is 58.7 Å². The first kappa shape index (κ1) is 27.4. The molecule has 6 aromatic carbocycles. The van der Waals surface area contributed by atoms with Crippen molar-refractivity contribution in [1.82, 2.24) is 0 Å². The Hall–Kier alpha value is -4.68. The Morgan fingerprint density at radius 1 is 0.489 bits per heavy atom. The molecule has 0 N–H and O–H groups in total. The van der Waals surface area contributed by atoms with Gasteiger partial charge in [-0.2, -0.15) is 0 Å². The summed E-state index contributed by atoms with van der Waals surface area (Å²) in [6, 6.07) is 37.6. The standard InChI is InChI=1S/C42H35GeNO3/c1-41(2,3)27-19-20-29-35-39(27)46-31-17-12-18-32-36(31)43(35,26-15-8-7-9-16-26)37-38-34(23-28(40(37)47-32)42(4,5)6)45-33-22-25-14-11-10-13-24(25)21-30(33)44(29)38/h7-23H,1-6H3. The number of hydrogen-bond acceptors (Lipinski definition) is 4. The van der Waals surface area contributed by atoms with Gasteiger partial charge < -0.3 is 0 Å². The van der Waals surface area contributed by atoms with Crippen LogP contribution in [0, 0.1) is 0 Å². The molecule has 1 unspecified atom stereocenters. The van der Waals surface area contributed by atoms with Crippen LogP contribution in [0.5, 0.6) is 34.5 Å². The molecule has 0 saturated heterocycles. The molecule has 230 valence electrons. The SMILES string of the molecule is CC(C)(C)c1ccc2[c]3c1Oc1cccc4[c]1[Ge]3([c]1ccccc1)[c]1c(c(C(C)(C)C)cc3c1N2c1cc2ccccc2cc1O3)O4. The summed E-state index contributed by atoms with van der Waals surface area (Å²) in [5.74, 6) is 5.58. The van der Waals surface area contributed by atoms with E-state index in [0.717, 1.165) is 56.8 Å². The van der Waals surface area contributed by atoms with E-state index in [1.165, 1.54) is 34.2 Å². The molecule has 0 aliphatic carbocycles. The van der Waals surface area contributed by atoms with Gasteiger partial charge in [0.25, 0.3) is 0 Å². The Kier molecular flexibility index (Phi) is 5.14. The second kappa shape index (κ2) is 8.81. The minimum atomic E-state index is -3.87. The molecular formula is C42H35GeNO3. The summed E-state index contributed by atoms with van der Waals surface area (Å²) in [7, 11) is 0. The zero-order valence-corrected chi connectivity index (χ0v) is 29.6. The molecule has 0 radical (unpaired) electrons. The van der Waals surface area contributed by atoms with E-state index in [4.69, 9.17) is 14.2 Å². The van der Waals surface area contributed by atoms with Gasteiger partial charge in [-0.1, -0.05) is 0 Å². The Balaban J connectivity index is 1.47. The summed E-state index contributed by atoms with van der Waals surface area (Å²) in [6.45, 7) is 13.7. The Morgan fingerprint density at radius 2 is 1.13 bits per heavy atom. The minimum absolute atomic E-state index is 0.134. The molecule has 0 saturated carbocycles. The summed E-state index contributed by atoms with van der Waals surface area (Å²) in [6.07, 6.45) is 0. The van der Waals surface area contributed by atoms with Crippen molar-refractivity contribution in [3.8, 4) is 34.5 Å². The molecule has 0 fully saturated rings. The second-order valence-electron chi connectivity index (χ2n) is 15.4. The van der Waals surface area contributed by atoms with Crippen LogP contribution in [-0.2, 0) is 10.8 Å². The molecule has 4 aliphatic heterocycles. The van der Waals surface area contributed by atoms with Crippen molar-refractivity contribution in [2.24, 2.45) is 0 Å². The van der Waals surface area contributed by atoms with Crippen LogP contribution < -0.4 is 36.7 Å². The first-order chi connectivity index (χ1) is 22.6. The predicted molar refractivity (Wildman–Crippen MR) is 193 cm³/mol. The number of hydrogen-bond donors (Lipinski definition) is 0. The quantitative estimate of drug-likeness (QED) is 0.163. The molecule has 47 heavy (non-hydrogen) atoms. The number of ether oxygens (including phenoxy) is 3. The normalized spacial score (nSPS) is 17.7. The van der Waals surface area contributed by atoms with Crippen molar-refractivity contribution in [2.75, 3.05) is 4.90 Å². The third-order valence-corrected chi connectivity index (χ3v) is 20.7. The fourth-order valence-electron chi connectivity index (χ4n) is 8.48. The fraction of sp³-hybridized carbons (Fsp3) is 0.190. The molecule has 10 rings (SSSR count). The molecule has 4 heterocycles. The molecule has 4 nitrogen and oxygen atoms in total. The summed E-state index contributed by atoms with van der Waals surface area (Å²) >= 11 is -3.87. The number of fused-ring (bicyclic) bond motifs is 4. The Morgan fingerprint density at radius 3 is 1.81 bits per heavy atom. The van der Waals surface area contributed by atoms with E-state index in [1.54, 1.807) is 0 Å². The van der Waals surface area contributed by atoms with Crippen LogP contribution in [0.2, 0.25) is 0 Å². The number of rotatable bonds is 1. The molecule has 0 amide bonds. The second-order valence-corrected chi connectivity index (χ2v) is 22.9. The van der Waals surface area contributed by atoms with Crippen molar-refractivity contribution in [3.63, 3.8) is 0 Å². The average molecular weight is 674 g/mol. The van der Waals surface area contributed by atoms with Crippen molar-refractivity contribution in [3.05, 3.63) is 114 Å². The maximum atomic E-state index is 7.17. The maximum absolute atomic E-state index is 7.17. The van der Waals surface area contributed by atoms with Crippen LogP contribution in [0.1, 0.15) is 52.7 Å². The third kappa shape index (κ3) is 3.39. The van der Waals surface area contributed by atoms with Crippen LogP contribution in [0.3, 0.4) is 0 Å². The van der Waals surface area contributed by atoms with Crippen molar-refractivity contribution in [1.29, 1.82) is 0 Å². The fourth-order valence-corrected chi connectivity index (χ4v) is 20.1. The zero-order valence-electron chi connectivity index (χ0n) is 27.5. The monoisotopic (exact) mass is 675 g/mol. The molecule has 1 atom stereocenters. The van der Waals surface area contributed by atoms with E-state index in [1.807, 2.05) is 0 Å². The van der Waals surface area contributed by atoms with E-state index in [-0.39, 0.29) is 10.8 Å². The molecular weight excluding hydrogens is 639 g/mol. The van der Waals surface area contributed by atoms with Gasteiger partial charge in [0.15, 0.2) is 0 Å². The topological polar surface area (TPSA) is 30.9 Å². The van der Waals surface area contributed by atoms with Gasteiger partial charge >= 0.3 is 279 Å². The molecule has 5 heteroatoms. The van der Waals surface area contributed by atoms with E-state index in [0.29, 0.717) is 0 Å². The summed E-state index contributed by atoms with van der Waals surface area (Å²) in [4.78, 5) is 2.47. The van der Waals surface area contributed by atoms with Gasteiger partial charge in [-0.15, -0.1) is 0 Å². The van der Waals surface area contributed by atoms with Gasteiger partial charge in [-0.3, -0.25) is 0 Å². The zero-order chi connectivity index (χ0) is 32.0. The summed E-state index contributed by atoms with van der Waals surface area (Å²) < 4.78 is 26.6. The van der Waals surface area contributed by atoms with Gasteiger partial charge in [0.1, 0.15) is 0 Å². The third-order valence-electron chi connectivity index (χ3n) is 10.5. The van der Waals surface area contributed by atoms with Gasteiger partial charge in [0, 0.05) is 0 Å². The van der Waals surface area contributed by atoms with Crippen LogP contribution in [0.4, 0.5) is 17.1 Å². The first-order valence-electron chi connectivity index (χ1n) is 16.5. The van der Waals surface area contributed by atoms with E-state index in [9.17, 15) is 0 Å². The average Bonchev–Trinajstić information content (AvgIpc) is 3.05. The van der Waals surface area contributed by atoms with Crippen LogP contribution >= 0.6 is 0 Å². The van der Waals surface area contributed by atoms with Crippen LogP contribution in [-0.4, -0.2) is 13.3 Å². The molecule has 6 aromatic rings. The summed E-state index contributed by atoms with van der Waals surface area (Å²) in [5, 5.41) is 2.34. The van der Waals surface area contributed by atoms with Crippen LogP contribution in [0.25, 0.3) is 10.8 Å². The number of anilines is 3. The van der Waals surface area contributed by atoms with E-state index >= 15 is 0 Å². The Bertz CT molecular complexity index is 2350. The van der Waals surface area contributed by atoms with E-state index < -0.39 is 13.3 Å². The van der Waals surface area contributed by atoms with Gasteiger partial charge in [0.05, 0.1) is 0 Å². The van der Waals surface area contributed by atoms with Crippen molar-refractivity contribution < 1.29 is 14.2 Å². The Labute approximate surface area is 277 Å². The van der Waals surface area contributed by atoms with E-state index in [2.05, 4.69) is 150 Å². The van der Waals surface area contributed by atoms with Gasteiger partial charge in [-0.25, -0.2) is 0 Å². The molecule has 4 aliphatic rings. The predicted octanol–water partition coefficient (Wildman–Crippen LogP) is 8.91. The molecule has 0 aromatic heterocycles. The van der Waals surface area contributed by atoms with Gasteiger partial charge in [0.2, 0.25) is 0 Å². The summed E-state index contributed by atoms with van der Waals surface area (Å²) in [5.41, 5.74) is 5.40. The van der Waals surface area contributed by atoms with Crippen LogP contribution in [0.15, 0.2) is 103 Å². The van der Waals surface area contributed by atoms with Crippen molar-refractivity contribution in [2.45, 2.75) is 52.4 Å². The number of benzene rings is 6. The first-order valence-corrected chi connectivity index (χ1v) is 20.7. The molecule has 0 spiro atoms. The van der Waals surface area contributed by atoms with Gasteiger partial charge in [-0.05, 0) is 0 Å². The number of nitrogens with zero attached hydrogens (tertiary/aromatic N) is 1.